The van der Waals surface area contributed by atoms with E-state index in [0.29, 0.717) is 25.8 Å². The van der Waals surface area contributed by atoms with Crippen molar-refractivity contribution in [3.63, 3.8) is 0 Å². The summed E-state index contributed by atoms with van der Waals surface area (Å²) < 4.78 is 5.16. The van der Waals surface area contributed by atoms with Gasteiger partial charge < -0.3 is 31.3 Å². The Balaban J connectivity index is 1.94. The average Bonchev–Trinajstić information content (AvgIpc) is 3.30. The number of nitrogens with two attached hydrogens (primary N) is 1. The van der Waals surface area contributed by atoms with Crippen molar-refractivity contribution in [2.45, 2.75) is 64.8 Å². The first-order valence-corrected chi connectivity index (χ1v) is 11.7. The highest BCUT2D eigenvalue weighted by molar-refractivity contribution is 5.94. The van der Waals surface area contributed by atoms with E-state index in [1.54, 1.807) is 0 Å². The third kappa shape index (κ3) is 8.91. The Kier molecular flexibility index (Phi) is 10.5. The Morgan fingerprint density at radius 2 is 1.77 bits per heavy atom. The summed E-state index contributed by atoms with van der Waals surface area (Å²) in [5.74, 6) is -2.00. The number of ether oxygens (including phenoxy) is 1. The number of alkyl carbamates (subject to hydrolysis) is 1. The van der Waals surface area contributed by atoms with Crippen LogP contribution in [0.4, 0.5) is 4.79 Å². The molecule has 0 aromatic heterocycles. The van der Waals surface area contributed by atoms with Gasteiger partial charge in [-0.05, 0) is 37.7 Å². The summed E-state index contributed by atoms with van der Waals surface area (Å²) >= 11 is 0. The van der Waals surface area contributed by atoms with Gasteiger partial charge in [0.15, 0.2) is 0 Å². The van der Waals surface area contributed by atoms with Crippen molar-refractivity contribution >= 4 is 29.7 Å². The number of nitrogens with zero attached hydrogens (tertiary/aromatic N) is 1. The average molecular weight is 490 g/mol. The van der Waals surface area contributed by atoms with Crippen LogP contribution in [0.5, 0.6) is 0 Å². The Morgan fingerprint density at radius 3 is 2.40 bits per heavy atom. The molecular formula is C24H35N5O6. The van der Waals surface area contributed by atoms with E-state index in [1.807, 2.05) is 44.2 Å². The predicted molar refractivity (Wildman–Crippen MR) is 128 cm³/mol. The van der Waals surface area contributed by atoms with Gasteiger partial charge in [0.05, 0.1) is 6.54 Å². The normalized spacial score (nSPS) is 16.8. The molecule has 1 saturated heterocycles. The Labute approximate surface area is 205 Å². The summed E-state index contributed by atoms with van der Waals surface area (Å²) in [6.07, 6.45) is 0.651. The number of rotatable bonds is 11. The summed E-state index contributed by atoms with van der Waals surface area (Å²) in [7, 11) is 0. The third-order valence-electron chi connectivity index (χ3n) is 5.53. The highest BCUT2D eigenvalue weighted by Gasteiger charge is 2.38. The van der Waals surface area contributed by atoms with Crippen LogP contribution in [0, 0.1) is 5.92 Å². The largest absolute Gasteiger partial charge is 0.445 e. The molecule has 0 unspecified atom stereocenters. The van der Waals surface area contributed by atoms with Crippen molar-refractivity contribution in [2.24, 2.45) is 11.7 Å². The number of benzene rings is 1. The van der Waals surface area contributed by atoms with Crippen LogP contribution in [-0.2, 0) is 30.5 Å². The van der Waals surface area contributed by atoms with E-state index in [-0.39, 0.29) is 19.1 Å². The second-order valence-corrected chi connectivity index (χ2v) is 8.99. The van der Waals surface area contributed by atoms with Gasteiger partial charge in [0, 0.05) is 6.54 Å². The number of hydrogen-bond donors (Lipinski definition) is 4. The van der Waals surface area contributed by atoms with Crippen LogP contribution in [0.15, 0.2) is 30.3 Å². The van der Waals surface area contributed by atoms with Crippen molar-refractivity contribution in [1.82, 2.24) is 20.9 Å². The third-order valence-corrected chi connectivity index (χ3v) is 5.53. The van der Waals surface area contributed by atoms with Crippen LogP contribution in [0.2, 0.25) is 0 Å². The van der Waals surface area contributed by atoms with Crippen LogP contribution in [0.25, 0.3) is 0 Å². The van der Waals surface area contributed by atoms with Gasteiger partial charge in [-0.1, -0.05) is 44.2 Å². The highest BCUT2D eigenvalue weighted by Crippen LogP contribution is 2.19. The maximum Gasteiger partial charge on any atom is 0.408 e. The van der Waals surface area contributed by atoms with Gasteiger partial charge in [0.25, 0.3) is 0 Å². The molecule has 1 aromatic carbocycles. The molecule has 2 rings (SSSR count). The van der Waals surface area contributed by atoms with Gasteiger partial charge >= 0.3 is 6.09 Å². The zero-order valence-corrected chi connectivity index (χ0v) is 20.4. The van der Waals surface area contributed by atoms with Crippen molar-refractivity contribution in [3.05, 3.63) is 35.9 Å². The molecule has 5 amide bonds. The standard InChI is InChI=1S/C24H35N5O6/c1-15(2)12-18(21(31)26-13-20(25)30)28-22(32)19-10-7-11-29(19)23(33)16(3)27-24(34)35-14-17-8-5-4-6-9-17/h4-6,8-9,15-16,18-19H,7,10-14H2,1-3H3,(H2,25,30)(H,26,31)(H,27,34)(H,28,32)/t16-,18-,19+/m1/s1. The van der Waals surface area contributed by atoms with E-state index in [9.17, 15) is 24.0 Å². The number of likely N-dealkylation sites (tertiary alicyclic amines) is 1. The van der Waals surface area contributed by atoms with Crippen LogP contribution >= 0.6 is 0 Å². The molecule has 0 bridgehead atoms. The first-order valence-electron chi connectivity index (χ1n) is 11.7. The minimum absolute atomic E-state index is 0.0669. The van der Waals surface area contributed by atoms with Gasteiger partial charge in [-0.25, -0.2) is 4.79 Å². The van der Waals surface area contributed by atoms with Crippen molar-refractivity contribution in [1.29, 1.82) is 0 Å². The molecule has 0 radical (unpaired) electrons. The topological polar surface area (TPSA) is 160 Å². The second kappa shape index (κ2) is 13.3. The van der Waals surface area contributed by atoms with Gasteiger partial charge in [-0.3, -0.25) is 19.2 Å². The lowest BCUT2D eigenvalue weighted by molar-refractivity contribution is -0.140. The number of amides is 5. The van der Waals surface area contributed by atoms with Crippen molar-refractivity contribution in [3.8, 4) is 0 Å². The van der Waals surface area contributed by atoms with Gasteiger partial charge in [-0.2, -0.15) is 0 Å². The lowest BCUT2D eigenvalue weighted by atomic mass is 10.0. The summed E-state index contributed by atoms with van der Waals surface area (Å²) in [5.41, 5.74) is 5.90. The molecule has 35 heavy (non-hydrogen) atoms. The van der Waals surface area contributed by atoms with Gasteiger partial charge in [0.1, 0.15) is 24.7 Å². The number of primary amides is 1. The van der Waals surface area contributed by atoms with Gasteiger partial charge in [0.2, 0.25) is 23.6 Å². The zero-order valence-electron chi connectivity index (χ0n) is 20.4. The molecule has 192 valence electrons. The number of hydrogen-bond acceptors (Lipinski definition) is 6. The number of nitrogens with one attached hydrogen (secondary N) is 3. The fourth-order valence-electron chi connectivity index (χ4n) is 3.82. The zero-order chi connectivity index (χ0) is 26.0. The molecule has 1 fully saturated rings. The molecule has 0 saturated carbocycles. The molecule has 1 heterocycles. The quantitative estimate of drug-likeness (QED) is 0.352. The molecular weight excluding hydrogens is 454 g/mol. The highest BCUT2D eigenvalue weighted by atomic mass is 16.5. The smallest absolute Gasteiger partial charge is 0.408 e. The fraction of sp³-hybridized carbons (Fsp3) is 0.542. The van der Waals surface area contributed by atoms with E-state index in [4.69, 9.17) is 10.5 Å². The van der Waals surface area contributed by atoms with Crippen LogP contribution in [-0.4, -0.2) is 65.8 Å². The number of carbonyl (C=O) groups excluding carboxylic acids is 5. The van der Waals surface area contributed by atoms with Crippen LogP contribution < -0.4 is 21.7 Å². The molecule has 1 aromatic rings. The Bertz CT molecular complexity index is 907. The summed E-state index contributed by atoms with van der Waals surface area (Å²) in [6, 6.07) is 6.59. The minimum atomic E-state index is -0.906. The Hall–Kier alpha value is -3.63. The molecule has 5 N–H and O–H groups in total. The Morgan fingerprint density at radius 1 is 1.09 bits per heavy atom. The summed E-state index contributed by atoms with van der Waals surface area (Å²) in [5, 5.41) is 7.63. The van der Waals surface area contributed by atoms with Crippen LogP contribution in [0.1, 0.15) is 45.6 Å². The minimum Gasteiger partial charge on any atom is -0.445 e. The maximum absolute atomic E-state index is 13.0. The van der Waals surface area contributed by atoms with Crippen molar-refractivity contribution < 1.29 is 28.7 Å². The molecule has 11 nitrogen and oxygen atoms in total. The van der Waals surface area contributed by atoms with Crippen LogP contribution in [0.3, 0.4) is 0 Å². The molecule has 3 atom stereocenters. The lowest BCUT2D eigenvalue weighted by Gasteiger charge is -2.28. The predicted octanol–water partition coefficient (Wildman–Crippen LogP) is 0.425. The maximum atomic E-state index is 13.0. The summed E-state index contributed by atoms with van der Waals surface area (Å²) in [6.45, 7) is 5.41. The summed E-state index contributed by atoms with van der Waals surface area (Å²) in [4.78, 5) is 63.0. The fourth-order valence-corrected chi connectivity index (χ4v) is 3.82. The first kappa shape index (κ1) is 27.6. The first-order chi connectivity index (χ1) is 16.6. The molecule has 1 aliphatic rings. The van der Waals surface area contributed by atoms with Crippen molar-refractivity contribution in [2.75, 3.05) is 13.1 Å². The monoisotopic (exact) mass is 489 g/mol. The second-order valence-electron chi connectivity index (χ2n) is 8.99. The molecule has 11 heteroatoms. The van der Waals surface area contributed by atoms with E-state index >= 15 is 0 Å². The molecule has 0 aliphatic carbocycles. The van der Waals surface area contributed by atoms with E-state index in [0.717, 1.165) is 5.56 Å². The van der Waals surface area contributed by atoms with E-state index < -0.39 is 47.8 Å². The van der Waals surface area contributed by atoms with E-state index in [2.05, 4.69) is 16.0 Å². The SMILES string of the molecule is CC(C)C[C@@H](NC(=O)[C@@H]1CCCN1C(=O)[C@@H](C)NC(=O)OCc1ccccc1)C(=O)NCC(N)=O. The molecule has 0 spiro atoms. The van der Waals surface area contributed by atoms with E-state index in [1.165, 1.54) is 11.8 Å². The lowest BCUT2D eigenvalue weighted by Crippen LogP contribution is -2.56. The van der Waals surface area contributed by atoms with Gasteiger partial charge in [-0.15, -0.1) is 0 Å². The molecule has 1 aliphatic heterocycles. The number of carbonyl (C=O) groups is 5.